The standard InChI is InChI=1S/C22H22N4O3/c27-21(23-15-18-9-6-12-28-18)16-13-24-22(25-14-16)26-19-10-4-5-11-20(19)29-17-7-2-1-3-8-17/h1-5,7-8,10-11,13-14,18H,6,9,12,15H2,(H,23,27)(H,24,25,26). The van der Waals surface area contributed by atoms with Gasteiger partial charge in [0.2, 0.25) is 5.95 Å². The van der Waals surface area contributed by atoms with Crippen LogP contribution in [0.25, 0.3) is 0 Å². The van der Waals surface area contributed by atoms with E-state index >= 15 is 0 Å². The summed E-state index contributed by atoms with van der Waals surface area (Å²) in [5, 5.41) is 6.00. The number of nitrogens with one attached hydrogen (secondary N) is 2. The molecule has 2 N–H and O–H groups in total. The molecule has 7 nitrogen and oxygen atoms in total. The molecule has 0 saturated carbocycles. The Labute approximate surface area is 169 Å². The van der Waals surface area contributed by atoms with Crippen molar-refractivity contribution in [3.63, 3.8) is 0 Å². The highest BCUT2D eigenvalue weighted by Crippen LogP contribution is 2.30. The molecule has 1 aliphatic rings. The zero-order valence-electron chi connectivity index (χ0n) is 15.9. The van der Waals surface area contributed by atoms with Crippen LogP contribution in [0.1, 0.15) is 23.2 Å². The zero-order valence-corrected chi connectivity index (χ0v) is 15.9. The average molecular weight is 390 g/mol. The van der Waals surface area contributed by atoms with Crippen molar-refractivity contribution in [2.24, 2.45) is 0 Å². The van der Waals surface area contributed by atoms with Crippen molar-refractivity contribution in [3.05, 3.63) is 72.6 Å². The number of aromatic nitrogens is 2. The van der Waals surface area contributed by atoms with E-state index in [-0.39, 0.29) is 12.0 Å². The highest BCUT2D eigenvalue weighted by atomic mass is 16.5. The van der Waals surface area contributed by atoms with Gasteiger partial charge in [-0.2, -0.15) is 0 Å². The molecule has 0 bridgehead atoms. The number of amides is 1. The molecule has 1 unspecified atom stereocenters. The molecule has 2 heterocycles. The summed E-state index contributed by atoms with van der Waals surface area (Å²) >= 11 is 0. The molecule has 0 radical (unpaired) electrons. The Kier molecular flexibility index (Phi) is 5.97. The first-order valence-corrected chi connectivity index (χ1v) is 9.59. The Morgan fingerprint density at radius 2 is 1.83 bits per heavy atom. The molecule has 1 fully saturated rings. The Hall–Kier alpha value is -3.45. The fourth-order valence-electron chi connectivity index (χ4n) is 3.02. The van der Waals surface area contributed by atoms with E-state index in [1.165, 1.54) is 12.4 Å². The molecule has 1 amide bonds. The molecule has 4 rings (SSSR count). The number of para-hydroxylation sites is 3. The lowest BCUT2D eigenvalue weighted by Crippen LogP contribution is -2.31. The second kappa shape index (κ2) is 9.16. The van der Waals surface area contributed by atoms with Crippen molar-refractivity contribution in [2.45, 2.75) is 18.9 Å². The maximum absolute atomic E-state index is 12.2. The third-order valence-electron chi connectivity index (χ3n) is 4.53. The van der Waals surface area contributed by atoms with Crippen molar-refractivity contribution < 1.29 is 14.3 Å². The van der Waals surface area contributed by atoms with E-state index in [4.69, 9.17) is 9.47 Å². The first-order chi connectivity index (χ1) is 14.3. The van der Waals surface area contributed by atoms with Crippen molar-refractivity contribution in [1.29, 1.82) is 0 Å². The number of nitrogens with zero attached hydrogens (tertiary/aromatic N) is 2. The maximum atomic E-state index is 12.2. The van der Waals surface area contributed by atoms with Crippen LogP contribution in [0.5, 0.6) is 11.5 Å². The zero-order chi connectivity index (χ0) is 19.9. The second-order valence-corrected chi connectivity index (χ2v) is 6.68. The molecule has 148 valence electrons. The first-order valence-electron chi connectivity index (χ1n) is 9.59. The third kappa shape index (κ3) is 5.08. The number of hydrogen-bond acceptors (Lipinski definition) is 6. The van der Waals surface area contributed by atoms with Crippen LogP contribution >= 0.6 is 0 Å². The molecule has 1 aliphatic heterocycles. The minimum atomic E-state index is -0.208. The number of carbonyl (C=O) groups excluding carboxylic acids is 1. The molecule has 7 heteroatoms. The molecule has 0 spiro atoms. The topological polar surface area (TPSA) is 85.4 Å². The maximum Gasteiger partial charge on any atom is 0.254 e. The van der Waals surface area contributed by atoms with E-state index < -0.39 is 0 Å². The van der Waals surface area contributed by atoms with E-state index in [0.29, 0.717) is 23.8 Å². The highest BCUT2D eigenvalue weighted by molar-refractivity contribution is 5.93. The van der Waals surface area contributed by atoms with E-state index in [1.54, 1.807) is 0 Å². The van der Waals surface area contributed by atoms with Crippen LogP contribution in [-0.4, -0.2) is 35.1 Å². The summed E-state index contributed by atoms with van der Waals surface area (Å²) in [4.78, 5) is 20.7. The van der Waals surface area contributed by atoms with Crippen LogP contribution in [0.15, 0.2) is 67.0 Å². The molecular weight excluding hydrogens is 368 g/mol. The van der Waals surface area contributed by atoms with Gasteiger partial charge in [0.15, 0.2) is 5.75 Å². The number of anilines is 2. The van der Waals surface area contributed by atoms with Crippen molar-refractivity contribution in [3.8, 4) is 11.5 Å². The fraction of sp³-hybridized carbons (Fsp3) is 0.227. The van der Waals surface area contributed by atoms with Crippen LogP contribution in [0.2, 0.25) is 0 Å². The van der Waals surface area contributed by atoms with Crippen LogP contribution < -0.4 is 15.4 Å². The number of rotatable bonds is 7. The number of carbonyl (C=O) groups is 1. The fourth-order valence-corrected chi connectivity index (χ4v) is 3.02. The van der Waals surface area contributed by atoms with Crippen LogP contribution in [0, 0.1) is 0 Å². The molecule has 1 aromatic heterocycles. The summed E-state index contributed by atoms with van der Waals surface area (Å²) in [5.74, 6) is 1.56. The van der Waals surface area contributed by atoms with Gasteiger partial charge in [0.05, 0.1) is 17.4 Å². The Bertz CT molecular complexity index is 942. The number of hydrogen-bond donors (Lipinski definition) is 2. The normalized spacial score (nSPS) is 15.7. The van der Waals surface area contributed by atoms with Gasteiger partial charge >= 0.3 is 0 Å². The van der Waals surface area contributed by atoms with Crippen LogP contribution in [-0.2, 0) is 4.74 Å². The predicted octanol–water partition coefficient (Wildman–Crippen LogP) is 3.92. The molecule has 1 atom stereocenters. The van der Waals surface area contributed by atoms with Crippen LogP contribution in [0.4, 0.5) is 11.6 Å². The van der Waals surface area contributed by atoms with Crippen molar-refractivity contribution in [1.82, 2.24) is 15.3 Å². The lowest BCUT2D eigenvalue weighted by molar-refractivity contribution is 0.0857. The molecule has 1 saturated heterocycles. The molecule has 0 aliphatic carbocycles. The predicted molar refractivity (Wildman–Crippen MR) is 110 cm³/mol. The minimum absolute atomic E-state index is 0.0990. The SMILES string of the molecule is O=C(NCC1CCCO1)c1cnc(Nc2ccccc2Oc2ccccc2)nc1. The van der Waals surface area contributed by atoms with Gasteiger partial charge in [0, 0.05) is 25.5 Å². The van der Waals surface area contributed by atoms with Gasteiger partial charge in [-0.25, -0.2) is 9.97 Å². The summed E-state index contributed by atoms with van der Waals surface area (Å²) in [6.07, 6.45) is 5.12. The molecular formula is C22H22N4O3. The Morgan fingerprint density at radius 1 is 1.07 bits per heavy atom. The summed E-state index contributed by atoms with van der Waals surface area (Å²) in [6, 6.07) is 17.1. The number of benzene rings is 2. The van der Waals surface area contributed by atoms with Crippen molar-refractivity contribution >= 4 is 17.5 Å². The summed E-state index contributed by atoms with van der Waals surface area (Å²) in [5.41, 5.74) is 1.13. The smallest absolute Gasteiger partial charge is 0.254 e. The average Bonchev–Trinajstić information content (AvgIpc) is 3.28. The van der Waals surface area contributed by atoms with Gasteiger partial charge in [0.25, 0.3) is 5.91 Å². The summed E-state index contributed by atoms with van der Waals surface area (Å²) in [7, 11) is 0. The quantitative estimate of drug-likeness (QED) is 0.636. The first kappa shape index (κ1) is 18.9. The van der Waals surface area contributed by atoms with Gasteiger partial charge in [-0.3, -0.25) is 4.79 Å². The highest BCUT2D eigenvalue weighted by Gasteiger charge is 2.17. The van der Waals surface area contributed by atoms with Crippen LogP contribution in [0.3, 0.4) is 0 Å². The third-order valence-corrected chi connectivity index (χ3v) is 4.53. The lowest BCUT2D eigenvalue weighted by atomic mass is 10.2. The van der Waals surface area contributed by atoms with E-state index in [0.717, 1.165) is 30.9 Å². The number of ether oxygens (including phenoxy) is 2. The molecule has 29 heavy (non-hydrogen) atoms. The van der Waals surface area contributed by atoms with Gasteiger partial charge in [0.1, 0.15) is 5.75 Å². The molecule has 2 aromatic carbocycles. The minimum Gasteiger partial charge on any atom is -0.455 e. The van der Waals surface area contributed by atoms with Gasteiger partial charge < -0.3 is 20.1 Å². The van der Waals surface area contributed by atoms with Gasteiger partial charge in [-0.05, 0) is 37.1 Å². The lowest BCUT2D eigenvalue weighted by Gasteiger charge is -2.12. The van der Waals surface area contributed by atoms with E-state index in [2.05, 4.69) is 20.6 Å². The largest absolute Gasteiger partial charge is 0.455 e. The second-order valence-electron chi connectivity index (χ2n) is 6.68. The Balaban J connectivity index is 1.39. The van der Waals surface area contributed by atoms with Gasteiger partial charge in [-0.15, -0.1) is 0 Å². The molecule has 3 aromatic rings. The van der Waals surface area contributed by atoms with E-state index in [1.807, 2.05) is 54.6 Å². The van der Waals surface area contributed by atoms with Crippen molar-refractivity contribution in [2.75, 3.05) is 18.5 Å². The summed E-state index contributed by atoms with van der Waals surface area (Å²) < 4.78 is 11.4. The van der Waals surface area contributed by atoms with Gasteiger partial charge in [-0.1, -0.05) is 30.3 Å². The summed E-state index contributed by atoms with van der Waals surface area (Å²) in [6.45, 7) is 1.27. The Morgan fingerprint density at radius 3 is 2.59 bits per heavy atom. The monoisotopic (exact) mass is 390 g/mol. The van der Waals surface area contributed by atoms with E-state index in [9.17, 15) is 4.79 Å².